The van der Waals surface area contributed by atoms with E-state index >= 15 is 0 Å². The van der Waals surface area contributed by atoms with Gasteiger partial charge in [-0.3, -0.25) is 4.79 Å². The summed E-state index contributed by atoms with van der Waals surface area (Å²) >= 11 is 0. The fourth-order valence-electron chi connectivity index (χ4n) is 1.81. The van der Waals surface area contributed by atoms with Crippen molar-refractivity contribution in [3.63, 3.8) is 0 Å². The molecular formula is C12H17F2NO4. The standard InChI is InChI=1S/C12H17F2NO4/c1-2-3-4-5-6-10(17)19-15-9(8-16)7-12(13,14)11(15)18/h8-9H,2-7H2,1H3. The van der Waals surface area contributed by atoms with Gasteiger partial charge in [-0.05, 0) is 6.42 Å². The molecule has 19 heavy (non-hydrogen) atoms. The molecule has 1 saturated heterocycles. The topological polar surface area (TPSA) is 63.7 Å². The van der Waals surface area contributed by atoms with E-state index in [-0.39, 0.29) is 17.8 Å². The van der Waals surface area contributed by atoms with Gasteiger partial charge in [0.25, 0.3) is 0 Å². The molecule has 108 valence electrons. The van der Waals surface area contributed by atoms with E-state index in [9.17, 15) is 23.2 Å². The summed E-state index contributed by atoms with van der Waals surface area (Å²) in [7, 11) is 0. The first kappa shape index (κ1) is 15.5. The van der Waals surface area contributed by atoms with Crippen LogP contribution in [-0.4, -0.2) is 35.2 Å². The third kappa shape index (κ3) is 3.97. The van der Waals surface area contributed by atoms with E-state index in [0.717, 1.165) is 19.3 Å². The summed E-state index contributed by atoms with van der Waals surface area (Å²) in [5, 5.41) is 0.204. The summed E-state index contributed by atoms with van der Waals surface area (Å²) in [6.07, 6.45) is 2.64. The molecule has 1 unspecified atom stereocenters. The highest BCUT2D eigenvalue weighted by molar-refractivity contribution is 5.90. The Bertz CT molecular complexity index is 360. The molecule has 1 atom stereocenters. The number of carbonyl (C=O) groups is 3. The minimum atomic E-state index is -3.64. The molecule has 5 nitrogen and oxygen atoms in total. The fraction of sp³-hybridized carbons (Fsp3) is 0.750. The van der Waals surface area contributed by atoms with E-state index in [4.69, 9.17) is 0 Å². The lowest BCUT2D eigenvalue weighted by atomic mass is 10.2. The summed E-state index contributed by atoms with van der Waals surface area (Å²) in [5.74, 6) is -6.05. The normalized spacial score (nSPS) is 21.5. The number of hydrogen-bond acceptors (Lipinski definition) is 4. The fourth-order valence-corrected chi connectivity index (χ4v) is 1.81. The highest BCUT2D eigenvalue weighted by Gasteiger charge is 2.55. The highest BCUT2D eigenvalue weighted by atomic mass is 19.3. The molecule has 1 aliphatic heterocycles. The minimum Gasteiger partial charge on any atom is -0.337 e. The van der Waals surface area contributed by atoms with Gasteiger partial charge in [0.1, 0.15) is 12.3 Å². The highest BCUT2D eigenvalue weighted by Crippen LogP contribution is 2.32. The molecule has 0 saturated carbocycles. The predicted octanol–water partition coefficient (Wildman–Crippen LogP) is 1.85. The minimum absolute atomic E-state index is 0.0426. The molecule has 0 spiro atoms. The van der Waals surface area contributed by atoms with Crippen LogP contribution >= 0.6 is 0 Å². The summed E-state index contributed by atoms with van der Waals surface area (Å²) in [6.45, 7) is 2.01. The van der Waals surface area contributed by atoms with Crippen molar-refractivity contribution in [2.45, 2.75) is 57.4 Å². The van der Waals surface area contributed by atoms with Crippen LogP contribution in [0.4, 0.5) is 8.78 Å². The van der Waals surface area contributed by atoms with Gasteiger partial charge in [0.2, 0.25) is 0 Å². The lowest BCUT2D eigenvalue weighted by Crippen LogP contribution is -2.38. The Morgan fingerprint density at radius 3 is 2.74 bits per heavy atom. The molecule has 0 aromatic rings. The van der Waals surface area contributed by atoms with Crippen LogP contribution in [0.3, 0.4) is 0 Å². The molecule has 1 fully saturated rings. The average Bonchev–Trinajstić information content (AvgIpc) is 2.58. The first-order chi connectivity index (χ1) is 8.92. The molecular weight excluding hydrogens is 260 g/mol. The lowest BCUT2D eigenvalue weighted by Gasteiger charge is -2.18. The van der Waals surface area contributed by atoms with E-state index in [0.29, 0.717) is 6.42 Å². The second-order valence-electron chi connectivity index (χ2n) is 4.52. The smallest absolute Gasteiger partial charge is 0.332 e. The van der Waals surface area contributed by atoms with Gasteiger partial charge in [-0.2, -0.15) is 13.8 Å². The van der Waals surface area contributed by atoms with E-state index in [2.05, 4.69) is 4.84 Å². The summed E-state index contributed by atoms with van der Waals surface area (Å²) < 4.78 is 26.2. The number of nitrogens with zero attached hydrogens (tertiary/aromatic N) is 1. The Morgan fingerprint density at radius 2 is 2.16 bits per heavy atom. The van der Waals surface area contributed by atoms with Gasteiger partial charge in [0.05, 0.1) is 6.42 Å². The van der Waals surface area contributed by atoms with Gasteiger partial charge in [-0.1, -0.05) is 26.2 Å². The number of hydroxylamine groups is 2. The van der Waals surface area contributed by atoms with Gasteiger partial charge in [-0.15, -0.1) is 0 Å². The molecule has 0 radical (unpaired) electrons. The van der Waals surface area contributed by atoms with E-state index < -0.39 is 30.3 Å². The van der Waals surface area contributed by atoms with Crippen molar-refractivity contribution in [1.82, 2.24) is 5.06 Å². The quantitative estimate of drug-likeness (QED) is 0.526. The molecule has 0 bridgehead atoms. The maximum atomic E-state index is 13.1. The van der Waals surface area contributed by atoms with Crippen LogP contribution in [0.25, 0.3) is 0 Å². The molecule has 0 N–H and O–H groups in total. The lowest BCUT2D eigenvalue weighted by molar-refractivity contribution is -0.204. The van der Waals surface area contributed by atoms with Crippen LogP contribution in [-0.2, 0) is 19.2 Å². The molecule has 1 rings (SSSR count). The van der Waals surface area contributed by atoms with Gasteiger partial charge in [0, 0.05) is 6.42 Å². The number of aldehydes is 1. The Hall–Kier alpha value is -1.53. The van der Waals surface area contributed by atoms with Gasteiger partial charge < -0.3 is 9.63 Å². The van der Waals surface area contributed by atoms with Crippen molar-refractivity contribution in [3.05, 3.63) is 0 Å². The monoisotopic (exact) mass is 277 g/mol. The zero-order chi connectivity index (χ0) is 14.5. The van der Waals surface area contributed by atoms with Crippen LogP contribution in [0.1, 0.15) is 45.4 Å². The zero-order valence-corrected chi connectivity index (χ0v) is 10.7. The molecule has 0 aromatic carbocycles. The number of carbonyl (C=O) groups excluding carboxylic acids is 3. The van der Waals surface area contributed by atoms with Gasteiger partial charge in [-0.25, -0.2) is 4.79 Å². The number of halogens is 2. The summed E-state index contributed by atoms with van der Waals surface area (Å²) in [5.41, 5.74) is 0. The van der Waals surface area contributed by atoms with Crippen molar-refractivity contribution in [1.29, 1.82) is 0 Å². The van der Waals surface area contributed by atoms with Crippen LogP contribution in [0.15, 0.2) is 0 Å². The second-order valence-corrected chi connectivity index (χ2v) is 4.52. The number of alkyl halides is 2. The Balaban J connectivity index is 2.48. The molecule has 7 heteroatoms. The largest absolute Gasteiger partial charge is 0.337 e. The third-order valence-corrected chi connectivity index (χ3v) is 2.87. The number of hydrogen-bond donors (Lipinski definition) is 0. The third-order valence-electron chi connectivity index (χ3n) is 2.87. The van der Waals surface area contributed by atoms with E-state index in [1.54, 1.807) is 0 Å². The van der Waals surface area contributed by atoms with Crippen LogP contribution in [0.5, 0.6) is 0 Å². The second kappa shape index (κ2) is 6.58. The van der Waals surface area contributed by atoms with E-state index in [1.165, 1.54) is 0 Å². The maximum Gasteiger partial charge on any atom is 0.332 e. The Kier molecular flexibility index (Phi) is 5.38. The van der Waals surface area contributed by atoms with Crippen molar-refractivity contribution in [2.75, 3.05) is 0 Å². The molecule has 0 aliphatic carbocycles. The van der Waals surface area contributed by atoms with Crippen molar-refractivity contribution < 1.29 is 28.0 Å². The van der Waals surface area contributed by atoms with Crippen molar-refractivity contribution >= 4 is 18.2 Å². The van der Waals surface area contributed by atoms with Crippen LogP contribution in [0, 0.1) is 0 Å². The molecule has 0 aromatic heterocycles. The average molecular weight is 277 g/mol. The molecule has 1 heterocycles. The maximum absolute atomic E-state index is 13.1. The van der Waals surface area contributed by atoms with Crippen molar-refractivity contribution in [3.8, 4) is 0 Å². The summed E-state index contributed by atoms with van der Waals surface area (Å²) in [4.78, 5) is 37.8. The number of rotatable bonds is 7. The SMILES string of the molecule is CCCCCCC(=O)ON1C(=O)C(F)(F)CC1C=O. The summed E-state index contributed by atoms with van der Waals surface area (Å²) in [6, 6.07) is -1.40. The predicted molar refractivity (Wildman–Crippen MR) is 61.1 cm³/mol. The number of amides is 1. The Morgan fingerprint density at radius 1 is 1.47 bits per heavy atom. The van der Waals surface area contributed by atoms with Crippen molar-refractivity contribution in [2.24, 2.45) is 0 Å². The Labute approximate surface area is 109 Å². The molecule has 1 amide bonds. The van der Waals surface area contributed by atoms with E-state index in [1.807, 2.05) is 6.92 Å². The first-order valence-corrected chi connectivity index (χ1v) is 6.30. The first-order valence-electron chi connectivity index (χ1n) is 6.30. The van der Waals surface area contributed by atoms with Gasteiger partial charge in [0.15, 0.2) is 0 Å². The van der Waals surface area contributed by atoms with Gasteiger partial charge >= 0.3 is 17.8 Å². The zero-order valence-electron chi connectivity index (χ0n) is 10.7. The number of unbranched alkanes of at least 4 members (excludes halogenated alkanes) is 3. The van der Waals surface area contributed by atoms with Crippen LogP contribution < -0.4 is 0 Å². The van der Waals surface area contributed by atoms with Crippen LogP contribution in [0.2, 0.25) is 0 Å². The molecule has 1 aliphatic rings.